The Morgan fingerprint density at radius 3 is 2.62 bits per heavy atom. The van der Waals surface area contributed by atoms with Gasteiger partial charge in [-0.15, -0.1) is 0 Å². The predicted molar refractivity (Wildman–Crippen MR) is 57.7 cm³/mol. The summed E-state index contributed by atoms with van der Waals surface area (Å²) >= 11 is 0. The van der Waals surface area contributed by atoms with E-state index in [0.29, 0.717) is 17.7 Å². The molecule has 2 N–H and O–H groups in total. The molecule has 0 aliphatic carbocycles. The number of halogens is 3. The fraction of sp³-hybridized carbons (Fsp3) is 0.333. The summed E-state index contributed by atoms with van der Waals surface area (Å²) in [5.74, 6) is 0. The van der Waals surface area contributed by atoms with Crippen LogP contribution in [-0.2, 0) is 12.6 Å². The molecular formula is C12H14F3N. The highest BCUT2D eigenvalue weighted by molar-refractivity contribution is 5.28. The fourth-order valence-electron chi connectivity index (χ4n) is 1.43. The van der Waals surface area contributed by atoms with Crippen LogP contribution in [0.4, 0.5) is 13.2 Å². The molecule has 1 aromatic carbocycles. The SMILES string of the molecule is CC/C=C(\N)Cc1cccc(C(F)(F)F)c1. The highest BCUT2D eigenvalue weighted by Crippen LogP contribution is 2.29. The van der Waals surface area contributed by atoms with Crippen molar-refractivity contribution in [2.24, 2.45) is 5.73 Å². The molecule has 0 aliphatic heterocycles. The van der Waals surface area contributed by atoms with Gasteiger partial charge in [-0.2, -0.15) is 13.2 Å². The molecule has 16 heavy (non-hydrogen) atoms. The Hall–Kier alpha value is -1.45. The third kappa shape index (κ3) is 3.61. The summed E-state index contributed by atoms with van der Waals surface area (Å²) < 4.78 is 37.2. The van der Waals surface area contributed by atoms with Crippen molar-refractivity contribution in [3.05, 3.63) is 47.2 Å². The van der Waals surface area contributed by atoms with E-state index < -0.39 is 11.7 Å². The summed E-state index contributed by atoms with van der Waals surface area (Å²) in [5, 5.41) is 0. The van der Waals surface area contributed by atoms with Gasteiger partial charge < -0.3 is 5.73 Å². The van der Waals surface area contributed by atoms with Gasteiger partial charge in [0.1, 0.15) is 0 Å². The lowest BCUT2D eigenvalue weighted by Gasteiger charge is -2.08. The first-order valence-electron chi connectivity index (χ1n) is 5.04. The topological polar surface area (TPSA) is 26.0 Å². The summed E-state index contributed by atoms with van der Waals surface area (Å²) in [6.07, 6.45) is -1.35. The number of benzene rings is 1. The van der Waals surface area contributed by atoms with E-state index in [1.165, 1.54) is 6.07 Å². The molecule has 0 unspecified atom stereocenters. The van der Waals surface area contributed by atoms with Gasteiger partial charge in [0.25, 0.3) is 0 Å². The molecular weight excluding hydrogens is 215 g/mol. The lowest BCUT2D eigenvalue weighted by Crippen LogP contribution is -2.07. The van der Waals surface area contributed by atoms with Crippen molar-refractivity contribution in [1.29, 1.82) is 0 Å². The molecule has 0 saturated heterocycles. The van der Waals surface area contributed by atoms with E-state index in [1.807, 2.05) is 6.92 Å². The Bertz CT molecular complexity index is 380. The molecule has 1 aromatic rings. The highest BCUT2D eigenvalue weighted by Gasteiger charge is 2.30. The Kier molecular flexibility index (Phi) is 3.99. The van der Waals surface area contributed by atoms with Gasteiger partial charge in [-0.25, -0.2) is 0 Å². The van der Waals surface area contributed by atoms with E-state index in [9.17, 15) is 13.2 Å². The summed E-state index contributed by atoms with van der Waals surface area (Å²) in [4.78, 5) is 0. The van der Waals surface area contributed by atoms with E-state index in [-0.39, 0.29) is 0 Å². The number of allylic oxidation sites excluding steroid dienone is 2. The first-order chi connectivity index (χ1) is 7.43. The van der Waals surface area contributed by atoms with E-state index in [2.05, 4.69) is 0 Å². The molecule has 0 aliphatic rings. The third-order valence-corrected chi connectivity index (χ3v) is 2.13. The van der Waals surface area contributed by atoms with Gasteiger partial charge in [-0.3, -0.25) is 0 Å². The van der Waals surface area contributed by atoms with Crippen molar-refractivity contribution < 1.29 is 13.2 Å². The van der Waals surface area contributed by atoms with Crippen LogP contribution >= 0.6 is 0 Å². The number of rotatable bonds is 3. The van der Waals surface area contributed by atoms with E-state index in [4.69, 9.17) is 5.73 Å². The normalized spacial score (nSPS) is 12.9. The average molecular weight is 229 g/mol. The van der Waals surface area contributed by atoms with Crippen LogP contribution in [0.15, 0.2) is 36.0 Å². The molecule has 0 saturated carbocycles. The Morgan fingerprint density at radius 1 is 1.38 bits per heavy atom. The van der Waals surface area contributed by atoms with Crippen molar-refractivity contribution >= 4 is 0 Å². The second-order valence-corrected chi connectivity index (χ2v) is 3.56. The van der Waals surface area contributed by atoms with Crippen molar-refractivity contribution in [3.8, 4) is 0 Å². The maximum atomic E-state index is 12.4. The molecule has 0 fully saturated rings. The quantitative estimate of drug-likeness (QED) is 0.843. The zero-order chi connectivity index (χ0) is 12.2. The minimum atomic E-state index is -4.29. The molecule has 0 amide bonds. The van der Waals surface area contributed by atoms with Crippen LogP contribution in [0.3, 0.4) is 0 Å². The summed E-state index contributed by atoms with van der Waals surface area (Å²) in [5.41, 5.74) is 6.20. The van der Waals surface area contributed by atoms with Crippen LogP contribution in [0.2, 0.25) is 0 Å². The monoisotopic (exact) mass is 229 g/mol. The molecule has 0 spiro atoms. The lowest BCUT2D eigenvalue weighted by molar-refractivity contribution is -0.137. The molecule has 1 nitrogen and oxygen atoms in total. The predicted octanol–water partition coefficient (Wildman–Crippen LogP) is 3.50. The molecule has 0 aromatic heterocycles. The number of nitrogens with two attached hydrogens (primary N) is 1. The highest BCUT2D eigenvalue weighted by atomic mass is 19.4. The molecule has 0 radical (unpaired) electrons. The standard InChI is InChI=1S/C12H14F3N/c1-2-4-11(16)8-9-5-3-6-10(7-9)12(13,14)15/h3-7H,2,8,16H2,1H3/b11-4-. The first kappa shape index (κ1) is 12.6. The summed E-state index contributed by atoms with van der Waals surface area (Å²) in [6.45, 7) is 1.93. The minimum Gasteiger partial charge on any atom is -0.402 e. The van der Waals surface area contributed by atoms with Gasteiger partial charge in [0.05, 0.1) is 5.56 Å². The second kappa shape index (κ2) is 5.05. The van der Waals surface area contributed by atoms with E-state index >= 15 is 0 Å². The number of alkyl halides is 3. The molecule has 0 bridgehead atoms. The van der Waals surface area contributed by atoms with Crippen molar-refractivity contribution in [2.45, 2.75) is 25.9 Å². The molecule has 88 valence electrons. The zero-order valence-corrected chi connectivity index (χ0v) is 9.01. The smallest absolute Gasteiger partial charge is 0.402 e. The Morgan fingerprint density at radius 2 is 2.06 bits per heavy atom. The maximum Gasteiger partial charge on any atom is 0.416 e. The van der Waals surface area contributed by atoms with Crippen LogP contribution in [0.25, 0.3) is 0 Å². The lowest BCUT2D eigenvalue weighted by atomic mass is 10.1. The fourth-order valence-corrected chi connectivity index (χ4v) is 1.43. The van der Waals surface area contributed by atoms with E-state index in [0.717, 1.165) is 18.6 Å². The molecule has 1 rings (SSSR count). The number of hydrogen-bond acceptors (Lipinski definition) is 1. The summed E-state index contributed by atoms with van der Waals surface area (Å²) in [6, 6.07) is 5.24. The molecule has 0 atom stereocenters. The van der Waals surface area contributed by atoms with Gasteiger partial charge in [-0.05, 0) is 18.1 Å². The van der Waals surface area contributed by atoms with Gasteiger partial charge in [0.15, 0.2) is 0 Å². The minimum absolute atomic E-state index is 0.359. The third-order valence-electron chi connectivity index (χ3n) is 2.13. The first-order valence-corrected chi connectivity index (χ1v) is 5.04. The van der Waals surface area contributed by atoms with Crippen LogP contribution < -0.4 is 5.73 Å². The van der Waals surface area contributed by atoms with Gasteiger partial charge in [0, 0.05) is 12.1 Å². The zero-order valence-electron chi connectivity index (χ0n) is 9.01. The van der Waals surface area contributed by atoms with Crippen LogP contribution in [0, 0.1) is 0 Å². The number of hydrogen-bond donors (Lipinski definition) is 1. The maximum absolute atomic E-state index is 12.4. The second-order valence-electron chi connectivity index (χ2n) is 3.56. The summed E-state index contributed by atoms with van der Waals surface area (Å²) in [7, 11) is 0. The Labute approximate surface area is 92.8 Å². The largest absolute Gasteiger partial charge is 0.416 e. The van der Waals surface area contributed by atoms with Crippen molar-refractivity contribution in [1.82, 2.24) is 0 Å². The van der Waals surface area contributed by atoms with Gasteiger partial charge in [-0.1, -0.05) is 31.2 Å². The van der Waals surface area contributed by atoms with Crippen molar-refractivity contribution in [3.63, 3.8) is 0 Å². The Balaban J connectivity index is 2.87. The van der Waals surface area contributed by atoms with Gasteiger partial charge in [0.2, 0.25) is 0 Å². The molecule has 4 heteroatoms. The van der Waals surface area contributed by atoms with Crippen LogP contribution in [-0.4, -0.2) is 0 Å². The van der Waals surface area contributed by atoms with Gasteiger partial charge >= 0.3 is 6.18 Å². The van der Waals surface area contributed by atoms with Crippen LogP contribution in [0.5, 0.6) is 0 Å². The van der Waals surface area contributed by atoms with E-state index in [1.54, 1.807) is 12.1 Å². The van der Waals surface area contributed by atoms with Crippen molar-refractivity contribution in [2.75, 3.05) is 0 Å². The van der Waals surface area contributed by atoms with Crippen LogP contribution in [0.1, 0.15) is 24.5 Å². The average Bonchev–Trinajstić information content (AvgIpc) is 2.17. The molecule has 0 heterocycles.